The number of methoxy groups -OCH3 is 1. The highest BCUT2D eigenvalue weighted by atomic mass is 16.5. The van der Waals surface area contributed by atoms with E-state index in [0.717, 1.165) is 5.56 Å². The zero-order valence-corrected chi connectivity index (χ0v) is 9.02. The molecule has 0 aromatic carbocycles. The van der Waals surface area contributed by atoms with Gasteiger partial charge in [-0.3, -0.25) is 0 Å². The first-order valence-corrected chi connectivity index (χ1v) is 5.08. The molecule has 86 valence electrons. The molecule has 15 heavy (non-hydrogen) atoms. The summed E-state index contributed by atoms with van der Waals surface area (Å²) in [7, 11) is 1.64. The van der Waals surface area contributed by atoms with Gasteiger partial charge in [0.05, 0.1) is 31.8 Å². The Kier molecular flexibility index (Phi) is 6.08. The van der Waals surface area contributed by atoms with Crippen LogP contribution in [0.5, 0.6) is 0 Å². The molecule has 0 radical (unpaired) electrons. The van der Waals surface area contributed by atoms with E-state index in [4.69, 9.17) is 13.9 Å². The molecule has 1 heterocycles. The summed E-state index contributed by atoms with van der Waals surface area (Å²) < 4.78 is 15.0. The van der Waals surface area contributed by atoms with Gasteiger partial charge < -0.3 is 19.0 Å². The van der Waals surface area contributed by atoms with Crippen LogP contribution in [0.4, 0.5) is 0 Å². The third-order valence-electron chi connectivity index (χ3n) is 2.08. The van der Waals surface area contributed by atoms with Crippen LogP contribution < -0.4 is 0 Å². The number of hydrogen-bond acceptors (Lipinski definition) is 4. The van der Waals surface area contributed by atoms with Crippen LogP contribution in [0, 0.1) is 0 Å². The topological polar surface area (TPSA) is 51.8 Å². The number of furan rings is 1. The predicted octanol–water partition coefficient (Wildman–Crippen LogP) is 1.24. The third-order valence-corrected chi connectivity index (χ3v) is 2.08. The summed E-state index contributed by atoms with van der Waals surface area (Å²) in [6.45, 7) is 1.73. The van der Waals surface area contributed by atoms with Gasteiger partial charge in [0, 0.05) is 20.1 Å². The van der Waals surface area contributed by atoms with Crippen LogP contribution in [0.25, 0.3) is 0 Å². The van der Waals surface area contributed by atoms with Crippen LogP contribution in [0.15, 0.2) is 23.0 Å². The van der Waals surface area contributed by atoms with Gasteiger partial charge in [0.2, 0.25) is 0 Å². The number of aliphatic hydroxyl groups is 1. The molecule has 0 amide bonds. The van der Waals surface area contributed by atoms with Gasteiger partial charge in [0.15, 0.2) is 0 Å². The molecule has 0 aliphatic heterocycles. The molecule has 0 aliphatic carbocycles. The first-order valence-electron chi connectivity index (χ1n) is 5.08. The molecule has 1 aromatic rings. The van der Waals surface area contributed by atoms with Crippen molar-refractivity contribution in [1.29, 1.82) is 0 Å². The van der Waals surface area contributed by atoms with Crippen LogP contribution in [0.3, 0.4) is 0 Å². The Morgan fingerprint density at radius 2 is 2.27 bits per heavy atom. The Labute approximate surface area is 89.8 Å². The second kappa shape index (κ2) is 7.45. The summed E-state index contributed by atoms with van der Waals surface area (Å²) in [6, 6.07) is 1.86. The molecule has 1 rings (SSSR count). The summed E-state index contributed by atoms with van der Waals surface area (Å²) in [5.74, 6) is 0. The Morgan fingerprint density at radius 1 is 1.40 bits per heavy atom. The van der Waals surface area contributed by atoms with Crippen molar-refractivity contribution in [2.45, 2.75) is 18.9 Å². The van der Waals surface area contributed by atoms with Crippen molar-refractivity contribution in [3.63, 3.8) is 0 Å². The summed E-state index contributed by atoms with van der Waals surface area (Å²) >= 11 is 0. The maximum absolute atomic E-state index is 9.62. The number of rotatable bonds is 8. The van der Waals surface area contributed by atoms with E-state index in [1.54, 1.807) is 19.6 Å². The molecule has 1 N–H and O–H groups in total. The molecular weight excluding hydrogens is 196 g/mol. The van der Waals surface area contributed by atoms with E-state index >= 15 is 0 Å². The van der Waals surface area contributed by atoms with Gasteiger partial charge in [0.25, 0.3) is 0 Å². The van der Waals surface area contributed by atoms with Crippen LogP contribution in [-0.2, 0) is 15.9 Å². The van der Waals surface area contributed by atoms with Crippen molar-refractivity contribution in [2.75, 3.05) is 26.9 Å². The molecule has 0 fully saturated rings. The number of aliphatic hydroxyl groups excluding tert-OH is 1. The van der Waals surface area contributed by atoms with E-state index in [0.29, 0.717) is 32.7 Å². The fourth-order valence-corrected chi connectivity index (χ4v) is 1.25. The average molecular weight is 214 g/mol. The molecule has 0 saturated heterocycles. The monoisotopic (exact) mass is 214 g/mol. The lowest BCUT2D eigenvalue weighted by molar-refractivity contribution is 0.0479. The summed E-state index contributed by atoms with van der Waals surface area (Å²) in [6.07, 6.45) is 4.13. The van der Waals surface area contributed by atoms with Crippen molar-refractivity contribution in [3.05, 3.63) is 24.2 Å². The van der Waals surface area contributed by atoms with Gasteiger partial charge in [-0.25, -0.2) is 0 Å². The molecule has 0 spiro atoms. The zero-order valence-electron chi connectivity index (χ0n) is 9.02. The third kappa shape index (κ3) is 5.57. The zero-order chi connectivity index (χ0) is 10.9. The van der Waals surface area contributed by atoms with Crippen molar-refractivity contribution < 1.29 is 19.0 Å². The van der Waals surface area contributed by atoms with E-state index in [1.807, 2.05) is 6.07 Å². The summed E-state index contributed by atoms with van der Waals surface area (Å²) in [5.41, 5.74) is 1.01. The molecular formula is C11H18O4. The van der Waals surface area contributed by atoms with Gasteiger partial charge in [-0.15, -0.1) is 0 Å². The Morgan fingerprint density at radius 3 is 2.93 bits per heavy atom. The highest BCUT2D eigenvalue weighted by Gasteiger charge is 2.06. The maximum atomic E-state index is 9.62. The van der Waals surface area contributed by atoms with Crippen LogP contribution in [0.1, 0.15) is 12.0 Å². The standard InChI is InChI=1S/C11H18O4/c1-13-6-7-14-5-3-11(12)8-10-2-4-15-9-10/h2,4,9,11-12H,3,5-8H2,1H3. The lowest BCUT2D eigenvalue weighted by Crippen LogP contribution is -2.14. The molecule has 0 aliphatic rings. The second-order valence-corrected chi connectivity index (χ2v) is 3.38. The first kappa shape index (κ1) is 12.2. The van der Waals surface area contributed by atoms with E-state index in [9.17, 15) is 5.11 Å². The molecule has 1 aromatic heterocycles. The Hall–Kier alpha value is -0.840. The average Bonchev–Trinajstić information content (AvgIpc) is 2.70. The fourth-order valence-electron chi connectivity index (χ4n) is 1.25. The van der Waals surface area contributed by atoms with Gasteiger partial charge in [-0.2, -0.15) is 0 Å². The van der Waals surface area contributed by atoms with Crippen LogP contribution in [0.2, 0.25) is 0 Å². The van der Waals surface area contributed by atoms with Gasteiger partial charge in [0.1, 0.15) is 0 Å². The van der Waals surface area contributed by atoms with Crippen molar-refractivity contribution >= 4 is 0 Å². The minimum Gasteiger partial charge on any atom is -0.472 e. The summed E-state index contributed by atoms with van der Waals surface area (Å²) in [5, 5.41) is 9.62. The van der Waals surface area contributed by atoms with Crippen LogP contribution >= 0.6 is 0 Å². The molecule has 4 nitrogen and oxygen atoms in total. The van der Waals surface area contributed by atoms with E-state index in [1.165, 1.54) is 0 Å². The molecule has 0 saturated carbocycles. The molecule has 1 unspecified atom stereocenters. The van der Waals surface area contributed by atoms with Crippen molar-refractivity contribution in [3.8, 4) is 0 Å². The Bertz CT molecular complexity index is 233. The van der Waals surface area contributed by atoms with Gasteiger partial charge in [-0.05, 0) is 18.1 Å². The minimum absolute atomic E-state index is 0.370. The second-order valence-electron chi connectivity index (χ2n) is 3.38. The molecule has 1 atom stereocenters. The summed E-state index contributed by atoms with van der Waals surface area (Å²) in [4.78, 5) is 0. The van der Waals surface area contributed by atoms with E-state index in [-0.39, 0.29) is 6.10 Å². The highest BCUT2D eigenvalue weighted by Crippen LogP contribution is 2.06. The highest BCUT2D eigenvalue weighted by molar-refractivity contribution is 5.06. The van der Waals surface area contributed by atoms with Crippen LogP contribution in [-0.4, -0.2) is 38.1 Å². The first-order chi connectivity index (χ1) is 7.33. The maximum Gasteiger partial charge on any atom is 0.0935 e. The number of ether oxygens (including phenoxy) is 2. The lowest BCUT2D eigenvalue weighted by atomic mass is 10.1. The van der Waals surface area contributed by atoms with Gasteiger partial charge in [-0.1, -0.05) is 0 Å². The quantitative estimate of drug-likeness (QED) is 0.661. The largest absolute Gasteiger partial charge is 0.472 e. The Balaban J connectivity index is 2.01. The van der Waals surface area contributed by atoms with E-state index in [2.05, 4.69) is 0 Å². The fraction of sp³-hybridized carbons (Fsp3) is 0.636. The van der Waals surface area contributed by atoms with E-state index < -0.39 is 0 Å². The van der Waals surface area contributed by atoms with Crippen molar-refractivity contribution in [2.24, 2.45) is 0 Å². The smallest absolute Gasteiger partial charge is 0.0935 e. The minimum atomic E-state index is -0.370. The normalized spacial score (nSPS) is 12.9. The predicted molar refractivity (Wildman–Crippen MR) is 55.7 cm³/mol. The number of hydrogen-bond donors (Lipinski definition) is 1. The molecule has 4 heteroatoms. The SMILES string of the molecule is COCCOCCC(O)Cc1ccoc1. The van der Waals surface area contributed by atoms with Crippen molar-refractivity contribution in [1.82, 2.24) is 0 Å². The van der Waals surface area contributed by atoms with Gasteiger partial charge >= 0.3 is 0 Å². The lowest BCUT2D eigenvalue weighted by Gasteiger charge is -2.09. The molecule has 0 bridgehead atoms.